The molecule has 0 aliphatic carbocycles. The molecule has 0 heterocycles. The van der Waals surface area contributed by atoms with Crippen LogP contribution in [0.3, 0.4) is 0 Å². The lowest BCUT2D eigenvalue weighted by molar-refractivity contribution is -0.146. The first-order chi connectivity index (χ1) is 6.60. The molecule has 0 amide bonds. The van der Waals surface area contributed by atoms with E-state index < -0.39 is 0 Å². The van der Waals surface area contributed by atoms with E-state index in [-0.39, 0.29) is 30.7 Å². The van der Waals surface area contributed by atoms with E-state index >= 15 is 0 Å². The van der Waals surface area contributed by atoms with E-state index in [1.807, 2.05) is 6.92 Å². The molecule has 0 aromatic carbocycles. The fraction of sp³-hybridized carbons (Fsp3) is 0.800. The van der Waals surface area contributed by atoms with Crippen molar-refractivity contribution in [1.29, 1.82) is 0 Å². The summed E-state index contributed by atoms with van der Waals surface area (Å²) in [7, 11) is 0. The van der Waals surface area contributed by atoms with Gasteiger partial charge in [0.15, 0.2) is 0 Å². The minimum Gasteiger partial charge on any atom is -0.466 e. The van der Waals surface area contributed by atoms with Gasteiger partial charge < -0.3 is 9.47 Å². The smallest absolute Gasteiger partial charge is 0.306 e. The highest BCUT2D eigenvalue weighted by molar-refractivity contribution is 5.73. The molecule has 0 unspecified atom stereocenters. The maximum atomic E-state index is 11.0. The number of esters is 2. The van der Waals surface area contributed by atoms with Gasteiger partial charge in [-0.1, -0.05) is 6.92 Å². The summed E-state index contributed by atoms with van der Waals surface area (Å²) in [5, 5.41) is 0. The summed E-state index contributed by atoms with van der Waals surface area (Å²) in [6.07, 6.45) is 0.541. The van der Waals surface area contributed by atoms with Crippen LogP contribution in [0.25, 0.3) is 0 Å². The third-order valence-corrected chi connectivity index (χ3v) is 1.64. The molecular weight excluding hydrogens is 184 g/mol. The van der Waals surface area contributed by atoms with Crippen LogP contribution in [0.2, 0.25) is 0 Å². The van der Waals surface area contributed by atoms with Gasteiger partial charge in [0.2, 0.25) is 0 Å². The van der Waals surface area contributed by atoms with Crippen molar-refractivity contribution >= 4 is 11.9 Å². The van der Waals surface area contributed by atoms with Gasteiger partial charge in [0.1, 0.15) is 0 Å². The van der Waals surface area contributed by atoms with Crippen molar-refractivity contribution in [3.63, 3.8) is 0 Å². The SMILES string of the molecule is CCOC(=O)CC(C)CC(=O)OCC. The largest absolute Gasteiger partial charge is 0.466 e. The predicted octanol–water partition coefficient (Wildman–Crippen LogP) is 1.53. The normalized spacial score (nSPS) is 10.0. The molecule has 0 spiro atoms. The van der Waals surface area contributed by atoms with Crippen molar-refractivity contribution in [3.8, 4) is 0 Å². The zero-order valence-corrected chi connectivity index (χ0v) is 9.04. The molecule has 4 nitrogen and oxygen atoms in total. The van der Waals surface area contributed by atoms with Gasteiger partial charge in [-0.25, -0.2) is 0 Å². The Morgan fingerprint density at radius 1 is 1.00 bits per heavy atom. The molecule has 0 fully saturated rings. The Kier molecular flexibility index (Phi) is 6.80. The highest BCUT2D eigenvalue weighted by atomic mass is 16.5. The van der Waals surface area contributed by atoms with E-state index in [4.69, 9.17) is 9.47 Å². The molecule has 0 N–H and O–H groups in total. The number of hydrogen-bond acceptors (Lipinski definition) is 4. The monoisotopic (exact) mass is 202 g/mol. The standard InChI is InChI=1S/C10H18O4/c1-4-13-9(11)6-8(3)7-10(12)14-5-2/h8H,4-7H2,1-3H3. The minimum absolute atomic E-state index is 0.0203. The highest BCUT2D eigenvalue weighted by Crippen LogP contribution is 2.09. The Bertz CT molecular complexity index is 169. The lowest BCUT2D eigenvalue weighted by Gasteiger charge is -2.09. The van der Waals surface area contributed by atoms with Crippen LogP contribution in [0, 0.1) is 5.92 Å². The highest BCUT2D eigenvalue weighted by Gasteiger charge is 2.14. The van der Waals surface area contributed by atoms with Crippen molar-refractivity contribution < 1.29 is 19.1 Å². The average Bonchev–Trinajstić information content (AvgIpc) is 2.03. The lowest BCUT2D eigenvalue weighted by Crippen LogP contribution is -2.14. The van der Waals surface area contributed by atoms with Crippen LogP contribution in [-0.4, -0.2) is 25.2 Å². The van der Waals surface area contributed by atoms with E-state index in [0.29, 0.717) is 13.2 Å². The molecule has 0 rings (SSSR count). The summed E-state index contributed by atoms with van der Waals surface area (Å²) in [4.78, 5) is 22.0. The topological polar surface area (TPSA) is 52.6 Å². The number of carbonyl (C=O) groups excluding carboxylic acids is 2. The molecule has 0 aromatic heterocycles. The van der Waals surface area contributed by atoms with E-state index in [1.54, 1.807) is 13.8 Å². The fourth-order valence-electron chi connectivity index (χ4n) is 1.08. The molecule has 0 radical (unpaired) electrons. The molecule has 82 valence electrons. The van der Waals surface area contributed by atoms with Crippen LogP contribution < -0.4 is 0 Å². The van der Waals surface area contributed by atoms with Crippen LogP contribution >= 0.6 is 0 Å². The molecule has 0 aliphatic heterocycles. The molecule has 0 bridgehead atoms. The third-order valence-electron chi connectivity index (χ3n) is 1.64. The van der Waals surface area contributed by atoms with Crippen molar-refractivity contribution in [2.45, 2.75) is 33.6 Å². The summed E-state index contributed by atoms with van der Waals surface area (Å²) in [6, 6.07) is 0. The van der Waals surface area contributed by atoms with Crippen molar-refractivity contribution in [3.05, 3.63) is 0 Å². The van der Waals surface area contributed by atoms with Gasteiger partial charge in [-0.05, 0) is 19.8 Å². The van der Waals surface area contributed by atoms with Crippen molar-refractivity contribution in [2.75, 3.05) is 13.2 Å². The van der Waals surface area contributed by atoms with Gasteiger partial charge in [0.05, 0.1) is 13.2 Å². The predicted molar refractivity (Wildman–Crippen MR) is 51.7 cm³/mol. The second-order valence-electron chi connectivity index (χ2n) is 3.12. The number of carbonyl (C=O) groups is 2. The molecule has 0 aromatic rings. The fourth-order valence-corrected chi connectivity index (χ4v) is 1.08. The van der Waals surface area contributed by atoms with Gasteiger partial charge >= 0.3 is 11.9 Å². The van der Waals surface area contributed by atoms with Gasteiger partial charge in [0, 0.05) is 12.8 Å². The van der Waals surface area contributed by atoms with Crippen LogP contribution in [-0.2, 0) is 19.1 Å². The molecule has 14 heavy (non-hydrogen) atoms. The molecular formula is C10H18O4. The summed E-state index contributed by atoms with van der Waals surface area (Å²) < 4.78 is 9.53. The quantitative estimate of drug-likeness (QED) is 0.613. The first-order valence-corrected chi connectivity index (χ1v) is 4.91. The van der Waals surface area contributed by atoms with E-state index in [0.717, 1.165) is 0 Å². The molecule has 4 heteroatoms. The summed E-state index contributed by atoms with van der Waals surface area (Å²) >= 11 is 0. The van der Waals surface area contributed by atoms with E-state index in [1.165, 1.54) is 0 Å². The van der Waals surface area contributed by atoms with Gasteiger partial charge in [0.25, 0.3) is 0 Å². The Hall–Kier alpha value is -1.06. The molecule has 0 saturated heterocycles. The summed E-state index contributed by atoms with van der Waals surface area (Å²) in [5.74, 6) is -0.540. The second-order valence-corrected chi connectivity index (χ2v) is 3.12. The van der Waals surface area contributed by atoms with E-state index in [9.17, 15) is 9.59 Å². The summed E-state index contributed by atoms with van der Waals surface area (Å²) in [5.41, 5.74) is 0. The van der Waals surface area contributed by atoms with Gasteiger partial charge in [-0.2, -0.15) is 0 Å². The Labute approximate surface area is 84.6 Å². The van der Waals surface area contributed by atoms with Crippen LogP contribution in [0.4, 0.5) is 0 Å². The summed E-state index contributed by atoms with van der Waals surface area (Å²) in [6.45, 7) is 6.10. The van der Waals surface area contributed by atoms with Crippen LogP contribution in [0.15, 0.2) is 0 Å². The van der Waals surface area contributed by atoms with Gasteiger partial charge in [-0.15, -0.1) is 0 Å². The first kappa shape index (κ1) is 12.9. The van der Waals surface area contributed by atoms with E-state index in [2.05, 4.69) is 0 Å². The maximum Gasteiger partial charge on any atom is 0.306 e. The zero-order chi connectivity index (χ0) is 11.0. The lowest BCUT2D eigenvalue weighted by atomic mass is 10.0. The Morgan fingerprint density at radius 2 is 1.36 bits per heavy atom. The average molecular weight is 202 g/mol. The Balaban J connectivity index is 3.68. The van der Waals surface area contributed by atoms with Crippen molar-refractivity contribution in [1.82, 2.24) is 0 Å². The van der Waals surface area contributed by atoms with Crippen LogP contribution in [0.1, 0.15) is 33.6 Å². The molecule has 0 atom stereocenters. The number of rotatable bonds is 6. The second kappa shape index (κ2) is 7.35. The third kappa shape index (κ3) is 6.46. The van der Waals surface area contributed by atoms with Crippen LogP contribution in [0.5, 0.6) is 0 Å². The maximum absolute atomic E-state index is 11.0. The van der Waals surface area contributed by atoms with Crippen molar-refractivity contribution in [2.24, 2.45) is 5.92 Å². The molecule has 0 saturated carbocycles. The van der Waals surface area contributed by atoms with Gasteiger partial charge in [-0.3, -0.25) is 9.59 Å². The molecule has 0 aliphatic rings. The number of ether oxygens (including phenoxy) is 2. The Morgan fingerprint density at radius 3 is 1.64 bits per heavy atom. The number of hydrogen-bond donors (Lipinski definition) is 0. The minimum atomic E-state index is -0.260. The zero-order valence-electron chi connectivity index (χ0n) is 9.04. The first-order valence-electron chi connectivity index (χ1n) is 4.91.